The summed E-state index contributed by atoms with van der Waals surface area (Å²) in [6.07, 6.45) is 2.68. The molecule has 5 nitrogen and oxygen atoms in total. The zero-order valence-corrected chi connectivity index (χ0v) is 12.7. The summed E-state index contributed by atoms with van der Waals surface area (Å²) in [5.74, 6) is 0.739. The fraction of sp³-hybridized carbons (Fsp3) is 0.250. The molecule has 1 aliphatic heterocycles. The monoisotopic (exact) mass is 329 g/mol. The molecule has 106 valence electrons. The van der Waals surface area contributed by atoms with Crippen molar-refractivity contribution in [3.63, 3.8) is 0 Å². The Morgan fingerprint density at radius 1 is 1.40 bits per heavy atom. The van der Waals surface area contributed by atoms with E-state index in [-0.39, 0.29) is 10.4 Å². The quantitative estimate of drug-likeness (QED) is 0.939. The number of aromatic nitrogens is 2. The minimum Gasteiger partial charge on any atom is -0.335 e. The van der Waals surface area contributed by atoms with Crippen LogP contribution in [-0.4, -0.2) is 35.0 Å². The van der Waals surface area contributed by atoms with E-state index in [0.717, 1.165) is 11.3 Å². The van der Waals surface area contributed by atoms with Crippen LogP contribution in [0.25, 0.3) is 0 Å². The summed E-state index contributed by atoms with van der Waals surface area (Å²) >= 11 is 7.76. The molecule has 1 saturated heterocycles. The third-order valence-electron chi connectivity index (χ3n) is 3.08. The summed E-state index contributed by atoms with van der Waals surface area (Å²) in [5, 5.41) is 0.394. The molecule has 0 radical (unpaired) electrons. The maximum atomic E-state index is 12.6. The Hall–Kier alpha value is -1.02. The molecule has 8 heteroatoms. The number of H-pyrrole nitrogens is 1. The van der Waals surface area contributed by atoms with Gasteiger partial charge in [-0.1, -0.05) is 29.8 Å². The molecule has 1 N–H and O–H groups in total. The first-order valence-electron chi connectivity index (χ1n) is 5.97. The lowest BCUT2D eigenvalue weighted by molar-refractivity contribution is 0.432. The largest absolute Gasteiger partial charge is 0.335 e. The third-order valence-corrected chi connectivity index (χ3v) is 6.59. The Bertz CT molecular complexity index is 703. The van der Waals surface area contributed by atoms with Gasteiger partial charge in [-0.25, -0.2) is 13.4 Å². The third kappa shape index (κ3) is 2.35. The molecule has 0 saturated carbocycles. The number of sulfonamides is 1. The standard InChI is InChI=1S/C12H12ClN3O2S2/c13-10-4-2-1-3-9(10)12-16(5-6-19-12)20(17,18)11-7-14-8-15-11/h1-4,7-8,12H,5-6H2,(H,14,15). The lowest BCUT2D eigenvalue weighted by atomic mass is 10.2. The number of aromatic amines is 1. The van der Waals surface area contributed by atoms with Gasteiger partial charge < -0.3 is 4.98 Å². The van der Waals surface area contributed by atoms with Crippen LogP contribution in [0.2, 0.25) is 5.02 Å². The first kappa shape index (κ1) is 13.9. The van der Waals surface area contributed by atoms with E-state index in [1.807, 2.05) is 18.2 Å². The predicted molar refractivity (Wildman–Crippen MR) is 79.1 cm³/mol. The summed E-state index contributed by atoms with van der Waals surface area (Å²) in [6.45, 7) is 0.460. The molecule has 1 aromatic carbocycles. The molecule has 3 rings (SSSR count). The number of hydrogen-bond donors (Lipinski definition) is 1. The number of thioether (sulfide) groups is 1. The SMILES string of the molecule is O=S(=O)(c1cnc[nH]1)N1CCSC1c1ccccc1Cl. The number of nitrogens with zero attached hydrogens (tertiary/aromatic N) is 2. The van der Waals surface area contributed by atoms with Crippen molar-refractivity contribution in [2.75, 3.05) is 12.3 Å². The summed E-state index contributed by atoms with van der Waals surface area (Å²) in [7, 11) is -3.57. The number of imidazole rings is 1. The molecule has 0 bridgehead atoms. The molecule has 0 spiro atoms. The Labute approximate surface area is 126 Å². The van der Waals surface area contributed by atoms with Crippen molar-refractivity contribution in [2.45, 2.75) is 10.4 Å². The van der Waals surface area contributed by atoms with Crippen LogP contribution in [0.4, 0.5) is 0 Å². The Kier molecular flexibility index (Phi) is 3.76. The first-order chi connectivity index (χ1) is 9.60. The highest BCUT2D eigenvalue weighted by Crippen LogP contribution is 2.43. The fourth-order valence-electron chi connectivity index (χ4n) is 2.13. The first-order valence-corrected chi connectivity index (χ1v) is 8.83. The van der Waals surface area contributed by atoms with Gasteiger partial charge in [0.25, 0.3) is 10.0 Å². The molecule has 2 aromatic rings. The van der Waals surface area contributed by atoms with Crippen LogP contribution in [0.1, 0.15) is 10.9 Å². The number of nitrogens with one attached hydrogen (secondary N) is 1. The van der Waals surface area contributed by atoms with E-state index < -0.39 is 10.0 Å². The van der Waals surface area contributed by atoms with Gasteiger partial charge in [0.2, 0.25) is 0 Å². The van der Waals surface area contributed by atoms with E-state index in [9.17, 15) is 8.42 Å². The summed E-state index contributed by atoms with van der Waals surface area (Å²) < 4.78 is 26.6. The lowest BCUT2D eigenvalue weighted by Crippen LogP contribution is -2.30. The van der Waals surface area contributed by atoms with Crippen LogP contribution in [-0.2, 0) is 10.0 Å². The van der Waals surface area contributed by atoms with Gasteiger partial charge in [-0.05, 0) is 11.6 Å². The fourth-order valence-corrected chi connectivity index (χ4v) is 5.60. The van der Waals surface area contributed by atoms with E-state index in [1.54, 1.807) is 17.8 Å². The van der Waals surface area contributed by atoms with Crippen LogP contribution >= 0.6 is 23.4 Å². The van der Waals surface area contributed by atoms with Gasteiger partial charge in [0.15, 0.2) is 5.03 Å². The van der Waals surface area contributed by atoms with E-state index in [0.29, 0.717) is 11.6 Å². The van der Waals surface area contributed by atoms with Crippen molar-refractivity contribution in [3.8, 4) is 0 Å². The van der Waals surface area contributed by atoms with Crippen molar-refractivity contribution in [1.29, 1.82) is 0 Å². The predicted octanol–water partition coefficient (Wildman–Crippen LogP) is 2.50. The highest BCUT2D eigenvalue weighted by atomic mass is 35.5. The number of hydrogen-bond acceptors (Lipinski definition) is 4. The van der Waals surface area contributed by atoms with Crippen molar-refractivity contribution >= 4 is 33.4 Å². The Morgan fingerprint density at radius 3 is 2.90 bits per heavy atom. The lowest BCUT2D eigenvalue weighted by Gasteiger charge is -2.23. The van der Waals surface area contributed by atoms with E-state index in [4.69, 9.17) is 11.6 Å². The second-order valence-corrected chi connectivity index (χ2v) is 7.73. The second kappa shape index (κ2) is 5.40. The maximum absolute atomic E-state index is 12.6. The van der Waals surface area contributed by atoms with E-state index >= 15 is 0 Å². The summed E-state index contributed by atoms with van der Waals surface area (Å²) in [6, 6.07) is 7.33. The summed E-state index contributed by atoms with van der Waals surface area (Å²) in [4.78, 5) is 6.44. The van der Waals surface area contributed by atoms with Gasteiger partial charge in [0.1, 0.15) is 0 Å². The minimum atomic E-state index is -3.57. The molecule has 1 fully saturated rings. The van der Waals surface area contributed by atoms with Gasteiger partial charge >= 0.3 is 0 Å². The molecule has 2 heterocycles. The Balaban J connectivity index is 2.00. The van der Waals surface area contributed by atoms with Crippen LogP contribution in [0.3, 0.4) is 0 Å². The zero-order chi connectivity index (χ0) is 14.2. The van der Waals surface area contributed by atoms with Gasteiger partial charge in [-0.3, -0.25) is 0 Å². The van der Waals surface area contributed by atoms with Gasteiger partial charge in [-0.2, -0.15) is 4.31 Å². The molecule has 1 aromatic heterocycles. The number of halogens is 1. The molecular formula is C12H12ClN3O2S2. The molecular weight excluding hydrogens is 318 g/mol. The van der Waals surface area contributed by atoms with E-state index in [2.05, 4.69) is 9.97 Å². The molecule has 0 amide bonds. The molecule has 0 aliphatic carbocycles. The molecule has 20 heavy (non-hydrogen) atoms. The Morgan fingerprint density at radius 2 is 2.20 bits per heavy atom. The molecule has 1 unspecified atom stereocenters. The van der Waals surface area contributed by atoms with Gasteiger partial charge in [-0.15, -0.1) is 11.8 Å². The highest BCUT2D eigenvalue weighted by molar-refractivity contribution is 8.01. The van der Waals surface area contributed by atoms with Crippen molar-refractivity contribution in [3.05, 3.63) is 47.4 Å². The molecule has 1 atom stereocenters. The van der Waals surface area contributed by atoms with Crippen LogP contribution < -0.4 is 0 Å². The van der Waals surface area contributed by atoms with E-state index in [1.165, 1.54) is 16.8 Å². The van der Waals surface area contributed by atoms with Crippen molar-refractivity contribution in [1.82, 2.24) is 14.3 Å². The van der Waals surface area contributed by atoms with Crippen molar-refractivity contribution < 1.29 is 8.42 Å². The average molecular weight is 330 g/mol. The minimum absolute atomic E-state index is 0.108. The molecule has 1 aliphatic rings. The highest BCUT2D eigenvalue weighted by Gasteiger charge is 2.38. The topological polar surface area (TPSA) is 66.1 Å². The van der Waals surface area contributed by atoms with Gasteiger partial charge in [0.05, 0.1) is 17.9 Å². The average Bonchev–Trinajstić information content (AvgIpc) is 3.11. The van der Waals surface area contributed by atoms with Gasteiger partial charge in [0, 0.05) is 17.3 Å². The zero-order valence-electron chi connectivity index (χ0n) is 10.4. The number of rotatable bonds is 3. The van der Waals surface area contributed by atoms with Crippen LogP contribution in [0.5, 0.6) is 0 Å². The van der Waals surface area contributed by atoms with Crippen molar-refractivity contribution in [2.24, 2.45) is 0 Å². The maximum Gasteiger partial charge on any atom is 0.261 e. The van der Waals surface area contributed by atoms with Crippen LogP contribution in [0, 0.1) is 0 Å². The summed E-state index contributed by atoms with van der Waals surface area (Å²) in [5.41, 5.74) is 0.819. The second-order valence-electron chi connectivity index (χ2n) is 4.28. The number of benzene rings is 1. The van der Waals surface area contributed by atoms with Crippen LogP contribution in [0.15, 0.2) is 41.8 Å². The smallest absolute Gasteiger partial charge is 0.261 e. The normalized spacial score (nSPS) is 20.4.